The van der Waals surface area contributed by atoms with Crippen LogP contribution < -0.4 is 18.9 Å². The minimum Gasteiger partial charge on any atom is -0.497 e. The smallest absolute Gasteiger partial charge is 0.264 e. The second-order valence-corrected chi connectivity index (χ2v) is 21.5. The number of hydrogen-bond acceptors (Lipinski definition) is 14. The summed E-state index contributed by atoms with van der Waals surface area (Å²) in [5.41, 5.74) is 3.26. The normalized spacial score (nSPS) is 12.9. The second kappa shape index (κ2) is 24.0. The molecule has 0 bridgehead atoms. The monoisotopic (exact) mass is 995 g/mol. The number of benzene rings is 4. The van der Waals surface area contributed by atoms with Gasteiger partial charge in [0.2, 0.25) is 0 Å². The molecule has 21 heteroatoms. The molecule has 0 aliphatic heterocycles. The van der Waals surface area contributed by atoms with Crippen LogP contribution in [0.5, 0.6) is 23.0 Å². The molecule has 0 spiro atoms. The van der Waals surface area contributed by atoms with Crippen LogP contribution in [0.1, 0.15) is 36.1 Å². The summed E-state index contributed by atoms with van der Waals surface area (Å²) in [6.45, 7) is 4.93. The van der Waals surface area contributed by atoms with Crippen molar-refractivity contribution in [3.63, 3.8) is 0 Å². The molecular weight excluding hydrogens is 935 g/mol. The summed E-state index contributed by atoms with van der Waals surface area (Å²) in [5.74, 6) is 2.78. The van der Waals surface area contributed by atoms with E-state index in [-0.39, 0.29) is 48.8 Å². The van der Waals surface area contributed by atoms with Crippen LogP contribution in [0.4, 0.5) is 0 Å². The van der Waals surface area contributed by atoms with Crippen LogP contribution in [0.15, 0.2) is 132 Å². The van der Waals surface area contributed by atoms with Crippen molar-refractivity contribution in [1.29, 1.82) is 0 Å². The highest BCUT2D eigenvalue weighted by atomic mass is 32.2. The Morgan fingerprint density at radius 1 is 0.485 bits per heavy atom. The molecule has 0 radical (unpaired) electrons. The van der Waals surface area contributed by atoms with Crippen molar-refractivity contribution < 1.29 is 48.4 Å². The van der Waals surface area contributed by atoms with Crippen LogP contribution in [0.25, 0.3) is 0 Å². The summed E-state index contributed by atoms with van der Waals surface area (Å²) >= 11 is 0. The van der Waals surface area contributed by atoms with E-state index >= 15 is 0 Å². The summed E-state index contributed by atoms with van der Waals surface area (Å²) in [6, 6.07) is 32.2. The first-order chi connectivity index (χ1) is 32.2. The fourth-order valence-corrected chi connectivity index (χ4v) is 9.99. The number of hydrogen-bond donors (Lipinski definition) is 0. The van der Waals surface area contributed by atoms with Gasteiger partial charge in [-0.05, 0) is 111 Å². The molecule has 0 fully saturated rings. The maximum atomic E-state index is 13.6. The zero-order valence-corrected chi connectivity index (χ0v) is 42.2. The molecule has 0 saturated carbocycles. The van der Waals surface area contributed by atoms with Crippen LogP contribution in [0, 0.1) is 0 Å². The molecule has 0 unspecified atom stereocenters. The molecule has 4 aromatic carbocycles. The van der Waals surface area contributed by atoms with Crippen LogP contribution in [-0.4, -0.2) is 119 Å². The SMILES string of the molecule is COc1ccc(CN(Cc2ccc(OC)cc2)S(=O)(=O)c2ccn(C[C@@H](C)OS(C)(=O)=O)n2)cc1.COc1ccc(CN(Cc2ccc(OC)cc2)S(=O)(=O)c2ccn(C[C@H](C)N(C)C)n2)cc1. The molecule has 18 nitrogen and oxygen atoms in total. The van der Waals surface area contributed by atoms with E-state index in [0.717, 1.165) is 40.0 Å². The maximum Gasteiger partial charge on any atom is 0.264 e. The summed E-state index contributed by atoms with van der Waals surface area (Å²) in [7, 11) is -1.19. The Bertz CT molecular complexity index is 2740. The van der Waals surface area contributed by atoms with Gasteiger partial charge in [0, 0.05) is 44.6 Å². The summed E-state index contributed by atoms with van der Waals surface area (Å²) in [5, 5.41) is 8.46. The molecule has 2 heterocycles. The van der Waals surface area contributed by atoms with E-state index in [9.17, 15) is 25.3 Å². The van der Waals surface area contributed by atoms with Crippen LogP contribution >= 0.6 is 0 Å². The number of methoxy groups -OCH3 is 4. The molecule has 68 heavy (non-hydrogen) atoms. The zero-order chi connectivity index (χ0) is 49.6. The van der Waals surface area contributed by atoms with Crippen LogP contribution in [0.3, 0.4) is 0 Å². The van der Waals surface area contributed by atoms with Gasteiger partial charge in [0.15, 0.2) is 10.1 Å². The number of ether oxygens (including phenoxy) is 4. The third-order valence-corrected chi connectivity index (χ3v) is 14.7. The fraction of sp³-hybridized carbons (Fsp3) is 0.362. The Hall–Kier alpha value is -5.81. The van der Waals surface area contributed by atoms with Crippen molar-refractivity contribution in [3.05, 3.63) is 144 Å². The molecule has 0 aliphatic rings. The van der Waals surface area contributed by atoms with Crippen molar-refractivity contribution in [2.75, 3.05) is 48.8 Å². The van der Waals surface area contributed by atoms with Gasteiger partial charge in [0.05, 0.1) is 53.9 Å². The van der Waals surface area contributed by atoms with E-state index < -0.39 is 36.3 Å². The third-order valence-electron chi connectivity index (χ3n) is 10.6. The van der Waals surface area contributed by atoms with E-state index in [2.05, 4.69) is 22.0 Å². The predicted octanol–water partition coefficient (Wildman–Crippen LogP) is 5.90. The molecule has 368 valence electrons. The van der Waals surface area contributed by atoms with Crippen molar-refractivity contribution in [3.8, 4) is 23.0 Å². The van der Waals surface area contributed by atoms with Gasteiger partial charge in [-0.3, -0.25) is 13.5 Å². The summed E-state index contributed by atoms with van der Waals surface area (Å²) < 4.78 is 109. The average molecular weight is 996 g/mol. The predicted molar refractivity (Wildman–Crippen MR) is 258 cm³/mol. The number of nitrogens with zero attached hydrogens (tertiary/aromatic N) is 7. The zero-order valence-electron chi connectivity index (χ0n) is 39.8. The highest BCUT2D eigenvalue weighted by molar-refractivity contribution is 7.89. The average Bonchev–Trinajstić information content (AvgIpc) is 4.00. The largest absolute Gasteiger partial charge is 0.497 e. The van der Waals surface area contributed by atoms with Gasteiger partial charge in [-0.15, -0.1) is 0 Å². The van der Waals surface area contributed by atoms with Crippen molar-refractivity contribution in [2.24, 2.45) is 0 Å². The van der Waals surface area contributed by atoms with Crippen molar-refractivity contribution >= 4 is 30.2 Å². The van der Waals surface area contributed by atoms with Gasteiger partial charge >= 0.3 is 0 Å². The molecule has 6 aromatic rings. The van der Waals surface area contributed by atoms with E-state index in [1.807, 2.05) is 62.6 Å². The minimum atomic E-state index is -4.00. The Morgan fingerprint density at radius 3 is 1.04 bits per heavy atom. The number of aromatic nitrogens is 4. The molecule has 0 amide bonds. The Balaban J connectivity index is 0.000000255. The maximum absolute atomic E-state index is 13.6. The van der Waals surface area contributed by atoms with E-state index in [4.69, 9.17) is 23.1 Å². The second-order valence-electron chi connectivity index (χ2n) is 16.1. The molecule has 0 N–H and O–H groups in total. The first kappa shape index (κ1) is 53.1. The van der Waals surface area contributed by atoms with E-state index in [0.29, 0.717) is 18.0 Å². The molecule has 0 aliphatic carbocycles. The Morgan fingerprint density at radius 2 is 0.779 bits per heavy atom. The number of rotatable bonds is 23. The third kappa shape index (κ3) is 15.4. The quantitative estimate of drug-likeness (QED) is 0.0689. The molecule has 0 saturated heterocycles. The minimum absolute atomic E-state index is 0.0375. The highest BCUT2D eigenvalue weighted by Crippen LogP contribution is 2.25. The van der Waals surface area contributed by atoms with Crippen LogP contribution in [0.2, 0.25) is 0 Å². The lowest BCUT2D eigenvalue weighted by Crippen LogP contribution is -2.31. The molecular formula is C47H61N7O11S3. The van der Waals surface area contributed by atoms with Crippen LogP contribution in [-0.2, 0) is 73.6 Å². The van der Waals surface area contributed by atoms with E-state index in [1.54, 1.807) is 101 Å². The first-order valence-electron chi connectivity index (χ1n) is 21.4. The lowest BCUT2D eigenvalue weighted by molar-refractivity contribution is 0.202. The molecule has 2 aromatic heterocycles. The lowest BCUT2D eigenvalue weighted by atomic mass is 10.2. The van der Waals surface area contributed by atoms with E-state index in [1.165, 1.54) is 25.6 Å². The van der Waals surface area contributed by atoms with Gasteiger partial charge in [-0.1, -0.05) is 48.5 Å². The lowest BCUT2D eigenvalue weighted by Gasteiger charge is -2.22. The van der Waals surface area contributed by atoms with Crippen molar-refractivity contribution in [2.45, 2.75) is 75.3 Å². The van der Waals surface area contributed by atoms with Gasteiger partial charge in [-0.25, -0.2) is 16.8 Å². The van der Waals surface area contributed by atoms with Gasteiger partial charge < -0.3 is 23.8 Å². The molecule has 6 rings (SSSR count). The Kier molecular flexibility index (Phi) is 18.7. The Labute approximate surface area is 400 Å². The first-order valence-corrected chi connectivity index (χ1v) is 26.1. The fourth-order valence-electron chi connectivity index (χ4n) is 6.65. The number of sulfonamides is 2. The summed E-state index contributed by atoms with van der Waals surface area (Å²) in [4.78, 5) is 2.06. The van der Waals surface area contributed by atoms with Crippen molar-refractivity contribution in [1.82, 2.24) is 33.1 Å². The number of likely N-dealkylation sites (N-methyl/N-ethyl adjacent to an activating group) is 1. The van der Waals surface area contributed by atoms with Gasteiger partial charge in [-0.2, -0.15) is 27.2 Å². The molecule has 2 atom stereocenters. The highest BCUT2D eigenvalue weighted by Gasteiger charge is 2.29. The van der Waals surface area contributed by atoms with Gasteiger partial charge in [0.1, 0.15) is 23.0 Å². The van der Waals surface area contributed by atoms with Gasteiger partial charge in [0.25, 0.3) is 30.2 Å². The summed E-state index contributed by atoms with van der Waals surface area (Å²) in [6.07, 6.45) is 3.44. The standard InChI is InChI=1S/C24H32N4O4S.C23H29N3O7S2/c1-19(26(2)3)16-27-15-14-24(25-27)33(29,30)28(17-20-6-10-22(31-4)11-7-20)18-21-8-12-23(32-5)13-9-21;1-18(33-34(4,27)28)15-25-14-13-23(24-25)35(29,30)26(16-19-5-9-21(31-2)10-6-19)17-20-7-11-22(32-3)12-8-20/h6-15,19H,16-18H2,1-5H3;5-14,18H,15-17H2,1-4H3/t19-;18-/m01/s1. The topological polar surface area (TPSA) is 194 Å².